The van der Waals surface area contributed by atoms with Gasteiger partial charge in [-0.05, 0) is 41.8 Å². The molecule has 0 aliphatic heterocycles. The van der Waals surface area contributed by atoms with Gasteiger partial charge < -0.3 is 9.30 Å². The summed E-state index contributed by atoms with van der Waals surface area (Å²) >= 11 is 0. The Morgan fingerprint density at radius 1 is 1.24 bits per heavy atom. The van der Waals surface area contributed by atoms with Crippen molar-refractivity contribution in [3.8, 4) is 11.8 Å². The molecular weight excluding hydrogens is 310 g/mol. The molecule has 0 atom stereocenters. The van der Waals surface area contributed by atoms with Gasteiger partial charge in [-0.2, -0.15) is 5.26 Å². The highest BCUT2D eigenvalue weighted by Gasteiger charge is 2.12. The standard InChI is InChI=1S/C21H21N3O/c1-15(2)14-25-18-8-6-7-16(12-18)11-17(13-22)21-23-19-9-4-5-10-20(19)24(21)3/h4-12,15H,14H2,1-3H3/b17-11-. The molecular formula is C21H21N3O. The zero-order valence-electron chi connectivity index (χ0n) is 14.7. The molecule has 0 amide bonds. The van der Waals surface area contributed by atoms with Crippen molar-refractivity contribution >= 4 is 22.7 Å². The summed E-state index contributed by atoms with van der Waals surface area (Å²) in [6.07, 6.45) is 1.85. The van der Waals surface area contributed by atoms with Crippen LogP contribution in [-0.2, 0) is 7.05 Å². The van der Waals surface area contributed by atoms with Crippen LogP contribution >= 0.6 is 0 Å². The Morgan fingerprint density at radius 3 is 2.76 bits per heavy atom. The van der Waals surface area contributed by atoms with Crippen molar-refractivity contribution in [1.82, 2.24) is 9.55 Å². The molecule has 0 saturated carbocycles. The molecule has 0 aliphatic carbocycles. The molecule has 0 bridgehead atoms. The summed E-state index contributed by atoms with van der Waals surface area (Å²) in [7, 11) is 1.93. The number of hydrogen-bond donors (Lipinski definition) is 0. The molecule has 4 nitrogen and oxygen atoms in total. The van der Waals surface area contributed by atoms with Gasteiger partial charge in [0.05, 0.1) is 23.2 Å². The van der Waals surface area contributed by atoms with E-state index in [0.29, 0.717) is 23.9 Å². The third-order valence-corrected chi connectivity index (χ3v) is 3.90. The van der Waals surface area contributed by atoms with Crippen LogP contribution in [0.2, 0.25) is 0 Å². The average molecular weight is 331 g/mol. The van der Waals surface area contributed by atoms with Crippen molar-refractivity contribution < 1.29 is 4.74 Å². The highest BCUT2D eigenvalue weighted by atomic mass is 16.5. The van der Waals surface area contributed by atoms with Gasteiger partial charge in [-0.1, -0.05) is 38.1 Å². The number of allylic oxidation sites excluding steroid dienone is 1. The van der Waals surface area contributed by atoms with Gasteiger partial charge in [0, 0.05) is 7.05 Å². The first-order chi connectivity index (χ1) is 12.1. The average Bonchev–Trinajstić information content (AvgIpc) is 2.95. The Morgan fingerprint density at radius 2 is 2.04 bits per heavy atom. The van der Waals surface area contributed by atoms with Gasteiger partial charge in [0.1, 0.15) is 11.8 Å². The summed E-state index contributed by atoms with van der Waals surface area (Å²) in [5.41, 5.74) is 3.34. The maximum Gasteiger partial charge on any atom is 0.151 e. The second-order valence-electron chi connectivity index (χ2n) is 6.43. The molecule has 4 heteroatoms. The van der Waals surface area contributed by atoms with Crippen molar-refractivity contribution in [2.45, 2.75) is 13.8 Å². The smallest absolute Gasteiger partial charge is 0.151 e. The molecule has 0 saturated heterocycles. The van der Waals surface area contributed by atoms with Gasteiger partial charge >= 0.3 is 0 Å². The summed E-state index contributed by atoms with van der Waals surface area (Å²) in [6.45, 7) is 4.90. The predicted octanol–water partition coefficient (Wildman–Crippen LogP) is 4.67. The number of rotatable bonds is 5. The molecule has 0 fully saturated rings. The fourth-order valence-electron chi connectivity index (χ4n) is 2.66. The lowest BCUT2D eigenvalue weighted by atomic mass is 10.1. The van der Waals surface area contributed by atoms with Gasteiger partial charge in [0.25, 0.3) is 0 Å². The van der Waals surface area contributed by atoms with Crippen LogP contribution in [0.1, 0.15) is 25.2 Å². The van der Waals surface area contributed by atoms with E-state index in [0.717, 1.165) is 22.3 Å². The van der Waals surface area contributed by atoms with Crippen molar-refractivity contribution in [3.63, 3.8) is 0 Å². The third kappa shape index (κ3) is 3.72. The summed E-state index contributed by atoms with van der Waals surface area (Å²) in [5, 5.41) is 9.63. The topological polar surface area (TPSA) is 50.8 Å². The maximum absolute atomic E-state index is 9.63. The van der Waals surface area contributed by atoms with Crippen LogP contribution in [0.5, 0.6) is 5.75 Å². The number of benzene rings is 2. The molecule has 0 unspecified atom stereocenters. The number of nitriles is 1. The molecule has 0 spiro atoms. The number of hydrogen-bond acceptors (Lipinski definition) is 3. The summed E-state index contributed by atoms with van der Waals surface area (Å²) in [5.74, 6) is 1.94. The van der Waals surface area contributed by atoms with E-state index >= 15 is 0 Å². The number of aryl methyl sites for hydroxylation is 1. The first-order valence-corrected chi connectivity index (χ1v) is 8.35. The molecule has 2 aromatic carbocycles. The number of imidazole rings is 1. The van der Waals surface area contributed by atoms with Crippen LogP contribution in [0.15, 0.2) is 48.5 Å². The van der Waals surface area contributed by atoms with E-state index in [1.54, 1.807) is 0 Å². The Bertz CT molecular complexity index is 961. The van der Waals surface area contributed by atoms with Gasteiger partial charge in [-0.25, -0.2) is 4.98 Å². The van der Waals surface area contributed by atoms with E-state index in [1.807, 2.05) is 66.2 Å². The minimum Gasteiger partial charge on any atom is -0.493 e. The zero-order valence-corrected chi connectivity index (χ0v) is 14.7. The molecule has 126 valence electrons. The lowest BCUT2D eigenvalue weighted by Gasteiger charge is -2.09. The van der Waals surface area contributed by atoms with E-state index in [9.17, 15) is 5.26 Å². The second kappa shape index (κ2) is 7.23. The molecule has 1 heterocycles. The molecule has 25 heavy (non-hydrogen) atoms. The van der Waals surface area contributed by atoms with E-state index in [2.05, 4.69) is 24.9 Å². The fourth-order valence-corrected chi connectivity index (χ4v) is 2.66. The first kappa shape index (κ1) is 16.8. The van der Waals surface area contributed by atoms with Crippen LogP contribution in [0.25, 0.3) is 22.7 Å². The predicted molar refractivity (Wildman–Crippen MR) is 101 cm³/mol. The molecule has 1 aromatic heterocycles. The summed E-state index contributed by atoms with van der Waals surface area (Å²) < 4.78 is 7.72. The monoisotopic (exact) mass is 331 g/mol. The number of ether oxygens (including phenoxy) is 1. The third-order valence-electron chi connectivity index (χ3n) is 3.90. The van der Waals surface area contributed by atoms with Crippen LogP contribution < -0.4 is 4.74 Å². The van der Waals surface area contributed by atoms with Crippen LogP contribution in [0.4, 0.5) is 0 Å². The lowest BCUT2D eigenvalue weighted by molar-refractivity contribution is 0.271. The minimum absolute atomic E-state index is 0.467. The molecule has 0 N–H and O–H groups in total. The van der Waals surface area contributed by atoms with Crippen molar-refractivity contribution in [1.29, 1.82) is 5.26 Å². The summed E-state index contributed by atoms with van der Waals surface area (Å²) in [4.78, 5) is 4.60. The van der Waals surface area contributed by atoms with E-state index in [-0.39, 0.29) is 0 Å². The highest BCUT2D eigenvalue weighted by molar-refractivity contribution is 5.90. The lowest BCUT2D eigenvalue weighted by Crippen LogP contribution is -2.04. The summed E-state index contributed by atoms with van der Waals surface area (Å²) in [6, 6.07) is 17.9. The molecule has 3 rings (SSSR count). The zero-order chi connectivity index (χ0) is 17.8. The van der Waals surface area contributed by atoms with Gasteiger partial charge in [-0.15, -0.1) is 0 Å². The molecule has 3 aromatic rings. The van der Waals surface area contributed by atoms with E-state index in [4.69, 9.17) is 4.74 Å². The molecule has 0 radical (unpaired) electrons. The fraction of sp³-hybridized carbons (Fsp3) is 0.238. The quantitative estimate of drug-likeness (QED) is 0.638. The van der Waals surface area contributed by atoms with Crippen LogP contribution in [0.3, 0.4) is 0 Å². The van der Waals surface area contributed by atoms with Gasteiger partial charge in [-0.3, -0.25) is 0 Å². The SMILES string of the molecule is CC(C)COc1cccc(/C=C(/C#N)c2nc3ccccc3n2C)c1. The maximum atomic E-state index is 9.63. The largest absolute Gasteiger partial charge is 0.493 e. The van der Waals surface area contributed by atoms with Crippen molar-refractivity contribution in [3.05, 3.63) is 59.9 Å². The van der Waals surface area contributed by atoms with Crippen LogP contribution in [-0.4, -0.2) is 16.2 Å². The van der Waals surface area contributed by atoms with Crippen LogP contribution in [0, 0.1) is 17.2 Å². The number of para-hydroxylation sites is 2. The minimum atomic E-state index is 0.467. The number of fused-ring (bicyclic) bond motifs is 1. The Labute approximate surface area is 148 Å². The Balaban J connectivity index is 1.96. The normalized spacial score (nSPS) is 11.7. The van der Waals surface area contributed by atoms with E-state index in [1.165, 1.54) is 0 Å². The van der Waals surface area contributed by atoms with Gasteiger partial charge in [0.2, 0.25) is 0 Å². The Hall–Kier alpha value is -3.06. The number of nitrogens with zero attached hydrogens (tertiary/aromatic N) is 3. The second-order valence-corrected chi connectivity index (χ2v) is 6.43. The van der Waals surface area contributed by atoms with Crippen molar-refractivity contribution in [2.75, 3.05) is 6.61 Å². The highest BCUT2D eigenvalue weighted by Crippen LogP contribution is 2.23. The number of aromatic nitrogens is 2. The first-order valence-electron chi connectivity index (χ1n) is 8.35. The Kier molecular flexibility index (Phi) is 4.85. The van der Waals surface area contributed by atoms with E-state index < -0.39 is 0 Å². The van der Waals surface area contributed by atoms with Crippen molar-refractivity contribution in [2.24, 2.45) is 13.0 Å². The molecule has 0 aliphatic rings. The van der Waals surface area contributed by atoms with Gasteiger partial charge in [0.15, 0.2) is 5.82 Å².